The summed E-state index contributed by atoms with van der Waals surface area (Å²) in [6.45, 7) is 4.10. The lowest BCUT2D eigenvalue weighted by molar-refractivity contribution is 0.417. The first-order valence-electron chi connectivity index (χ1n) is 7.84. The molecule has 3 rings (SSSR count). The highest BCUT2D eigenvalue weighted by molar-refractivity contribution is 5.49. The van der Waals surface area contributed by atoms with E-state index >= 15 is 0 Å². The smallest absolute Gasteiger partial charge is 0.276 e. The van der Waals surface area contributed by atoms with Crippen LogP contribution in [0.1, 0.15) is 32.0 Å². The van der Waals surface area contributed by atoms with Crippen LogP contribution in [0.5, 0.6) is 0 Å². The van der Waals surface area contributed by atoms with Gasteiger partial charge in [0.25, 0.3) is 5.89 Å². The largest absolute Gasteiger partial charge is 0.341 e. The molecule has 2 aromatic rings. The van der Waals surface area contributed by atoms with Crippen molar-refractivity contribution in [1.29, 1.82) is 0 Å². The molecule has 1 saturated heterocycles. The van der Waals surface area contributed by atoms with Gasteiger partial charge in [0, 0.05) is 31.7 Å². The number of piperidine rings is 1. The molecule has 1 fully saturated rings. The van der Waals surface area contributed by atoms with Crippen molar-refractivity contribution in [3.8, 4) is 11.6 Å². The molecule has 22 heavy (non-hydrogen) atoms. The Kier molecular flexibility index (Phi) is 4.62. The van der Waals surface area contributed by atoms with Gasteiger partial charge in [0.1, 0.15) is 5.69 Å². The lowest BCUT2D eigenvalue weighted by atomic mass is 10.1. The first kappa shape index (κ1) is 14.9. The summed E-state index contributed by atoms with van der Waals surface area (Å²) in [5.74, 6) is 1.90. The van der Waals surface area contributed by atoms with E-state index in [1.165, 1.54) is 19.3 Å². The van der Waals surface area contributed by atoms with Crippen LogP contribution in [0, 0.1) is 0 Å². The lowest BCUT2D eigenvalue weighted by Crippen LogP contribution is -2.30. The van der Waals surface area contributed by atoms with Gasteiger partial charge in [-0.15, -0.1) is 0 Å². The molecule has 0 amide bonds. The Morgan fingerprint density at radius 2 is 2.09 bits per heavy atom. The van der Waals surface area contributed by atoms with Crippen molar-refractivity contribution in [2.45, 2.75) is 38.6 Å². The molecule has 0 radical (unpaired) electrons. The Morgan fingerprint density at radius 1 is 1.27 bits per heavy atom. The minimum absolute atomic E-state index is 0.305. The third-order valence-corrected chi connectivity index (χ3v) is 3.95. The highest BCUT2D eigenvalue weighted by Crippen LogP contribution is 2.20. The van der Waals surface area contributed by atoms with Gasteiger partial charge in [-0.3, -0.25) is 0 Å². The average Bonchev–Trinajstić information content (AvgIpc) is 3.04. The van der Waals surface area contributed by atoms with E-state index in [9.17, 15) is 0 Å². The Hall–Kier alpha value is -2.02. The standard InChI is InChI=1S/C15H22N6O/c1-11(16-2)10-13-19-14(22-20-13)12-6-7-17-15(18-12)21-8-4-3-5-9-21/h6-7,11,16H,3-5,8-10H2,1-2H3. The van der Waals surface area contributed by atoms with Gasteiger partial charge in [0.05, 0.1) is 0 Å². The van der Waals surface area contributed by atoms with Gasteiger partial charge in [-0.1, -0.05) is 5.16 Å². The van der Waals surface area contributed by atoms with E-state index in [0.717, 1.165) is 25.5 Å². The summed E-state index contributed by atoms with van der Waals surface area (Å²) in [7, 11) is 1.92. The van der Waals surface area contributed by atoms with E-state index < -0.39 is 0 Å². The first-order valence-corrected chi connectivity index (χ1v) is 7.84. The maximum Gasteiger partial charge on any atom is 0.276 e. The predicted molar refractivity (Wildman–Crippen MR) is 83.6 cm³/mol. The van der Waals surface area contributed by atoms with Gasteiger partial charge in [-0.05, 0) is 39.3 Å². The Morgan fingerprint density at radius 3 is 2.86 bits per heavy atom. The van der Waals surface area contributed by atoms with Crippen LogP contribution >= 0.6 is 0 Å². The average molecular weight is 302 g/mol. The number of rotatable bonds is 5. The normalized spacial score (nSPS) is 16.7. The quantitative estimate of drug-likeness (QED) is 0.899. The molecule has 7 heteroatoms. The zero-order valence-electron chi connectivity index (χ0n) is 13.1. The molecule has 0 aromatic carbocycles. The molecule has 1 aliphatic heterocycles. The summed E-state index contributed by atoms with van der Waals surface area (Å²) < 4.78 is 5.34. The topological polar surface area (TPSA) is 80.0 Å². The third-order valence-electron chi connectivity index (χ3n) is 3.95. The van der Waals surface area contributed by atoms with Gasteiger partial charge in [-0.25, -0.2) is 9.97 Å². The molecular weight excluding hydrogens is 280 g/mol. The van der Waals surface area contributed by atoms with Crippen molar-refractivity contribution in [3.63, 3.8) is 0 Å². The lowest BCUT2D eigenvalue weighted by Gasteiger charge is -2.26. The number of likely N-dealkylation sites (N-methyl/N-ethyl adjacent to an activating group) is 1. The number of anilines is 1. The Balaban J connectivity index is 1.77. The van der Waals surface area contributed by atoms with Crippen molar-refractivity contribution in [3.05, 3.63) is 18.1 Å². The molecule has 7 nitrogen and oxygen atoms in total. The SMILES string of the molecule is CNC(C)Cc1noc(-c2ccnc(N3CCCCC3)n2)n1. The molecule has 1 aliphatic rings. The third kappa shape index (κ3) is 3.41. The first-order chi connectivity index (χ1) is 10.8. The maximum atomic E-state index is 5.34. The molecule has 0 aliphatic carbocycles. The number of nitrogens with one attached hydrogen (secondary N) is 1. The molecular formula is C15H22N6O. The van der Waals surface area contributed by atoms with E-state index in [1.54, 1.807) is 6.20 Å². The predicted octanol–water partition coefficient (Wildman–Crippen LogP) is 1.67. The summed E-state index contributed by atoms with van der Waals surface area (Å²) in [6.07, 6.45) is 6.16. The second-order valence-electron chi connectivity index (χ2n) is 5.70. The van der Waals surface area contributed by atoms with Crippen LogP contribution in [-0.4, -0.2) is 46.3 Å². The summed E-state index contributed by atoms with van der Waals surface area (Å²) in [5.41, 5.74) is 0.687. The highest BCUT2D eigenvalue weighted by Gasteiger charge is 2.17. The fourth-order valence-electron chi connectivity index (χ4n) is 2.53. The van der Waals surface area contributed by atoms with Gasteiger partial charge >= 0.3 is 0 Å². The number of hydrogen-bond acceptors (Lipinski definition) is 7. The fraction of sp³-hybridized carbons (Fsp3) is 0.600. The van der Waals surface area contributed by atoms with Crippen LogP contribution in [0.25, 0.3) is 11.6 Å². The number of hydrogen-bond donors (Lipinski definition) is 1. The minimum Gasteiger partial charge on any atom is -0.341 e. The molecule has 1 unspecified atom stereocenters. The van der Waals surface area contributed by atoms with Crippen molar-refractivity contribution in [2.75, 3.05) is 25.0 Å². The van der Waals surface area contributed by atoms with Gasteiger partial charge in [0.15, 0.2) is 5.82 Å². The second-order valence-corrected chi connectivity index (χ2v) is 5.70. The van der Waals surface area contributed by atoms with Gasteiger partial charge in [-0.2, -0.15) is 4.98 Å². The van der Waals surface area contributed by atoms with E-state index in [1.807, 2.05) is 13.1 Å². The summed E-state index contributed by atoms with van der Waals surface area (Å²) >= 11 is 0. The zero-order chi connectivity index (χ0) is 15.4. The van der Waals surface area contributed by atoms with E-state index in [4.69, 9.17) is 4.52 Å². The van der Waals surface area contributed by atoms with Crippen LogP contribution in [0.15, 0.2) is 16.8 Å². The molecule has 0 bridgehead atoms. The molecule has 0 saturated carbocycles. The van der Waals surface area contributed by atoms with Crippen molar-refractivity contribution < 1.29 is 4.52 Å². The molecule has 1 N–H and O–H groups in total. The van der Waals surface area contributed by atoms with Crippen molar-refractivity contribution in [1.82, 2.24) is 25.4 Å². The molecule has 3 heterocycles. The monoisotopic (exact) mass is 302 g/mol. The second kappa shape index (κ2) is 6.83. The summed E-state index contributed by atoms with van der Waals surface area (Å²) in [6, 6.07) is 2.12. The van der Waals surface area contributed by atoms with Gasteiger partial charge in [0.2, 0.25) is 5.95 Å². The van der Waals surface area contributed by atoms with E-state index in [2.05, 4.69) is 37.2 Å². The number of aromatic nitrogens is 4. The number of nitrogens with zero attached hydrogens (tertiary/aromatic N) is 5. The Bertz CT molecular complexity index is 608. The highest BCUT2D eigenvalue weighted by atomic mass is 16.5. The van der Waals surface area contributed by atoms with Crippen LogP contribution in [0.2, 0.25) is 0 Å². The summed E-state index contributed by atoms with van der Waals surface area (Å²) in [4.78, 5) is 15.6. The van der Waals surface area contributed by atoms with Crippen LogP contribution in [0.4, 0.5) is 5.95 Å². The fourth-order valence-corrected chi connectivity index (χ4v) is 2.53. The van der Waals surface area contributed by atoms with Crippen LogP contribution < -0.4 is 10.2 Å². The summed E-state index contributed by atoms with van der Waals surface area (Å²) in [5, 5.41) is 7.18. The molecule has 118 valence electrons. The van der Waals surface area contributed by atoms with Gasteiger partial charge < -0.3 is 14.7 Å². The Labute approximate surface area is 130 Å². The molecule has 2 aromatic heterocycles. The molecule has 0 spiro atoms. The molecule has 1 atom stereocenters. The van der Waals surface area contributed by atoms with Crippen molar-refractivity contribution in [2.24, 2.45) is 0 Å². The van der Waals surface area contributed by atoms with E-state index in [0.29, 0.717) is 23.5 Å². The van der Waals surface area contributed by atoms with Crippen LogP contribution in [0.3, 0.4) is 0 Å². The minimum atomic E-state index is 0.305. The maximum absolute atomic E-state index is 5.34. The van der Waals surface area contributed by atoms with E-state index in [-0.39, 0.29) is 0 Å². The van der Waals surface area contributed by atoms with Crippen LogP contribution in [-0.2, 0) is 6.42 Å². The zero-order valence-corrected chi connectivity index (χ0v) is 13.1. The van der Waals surface area contributed by atoms with Crippen molar-refractivity contribution >= 4 is 5.95 Å².